The number of carbonyl (C=O) groups excluding carboxylic acids is 1. The van der Waals surface area contributed by atoms with E-state index in [-0.39, 0.29) is 6.09 Å². The second-order valence-electron chi connectivity index (χ2n) is 6.00. The second kappa shape index (κ2) is 5.47. The van der Waals surface area contributed by atoms with Crippen LogP contribution in [-0.2, 0) is 4.74 Å². The Kier molecular flexibility index (Phi) is 4.15. The van der Waals surface area contributed by atoms with Gasteiger partial charge in [0.1, 0.15) is 0 Å². The van der Waals surface area contributed by atoms with Crippen LogP contribution in [-0.4, -0.2) is 42.8 Å². The molecule has 1 aliphatic carbocycles. The number of nitrogens with one attached hydrogen (secondary N) is 1. The van der Waals surface area contributed by atoms with Crippen molar-refractivity contribution in [2.45, 2.75) is 58.5 Å². The number of amides is 1. The maximum absolute atomic E-state index is 11.6. The maximum atomic E-state index is 11.6. The van der Waals surface area contributed by atoms with Crippen molar-refractivity contribution in [1.29, 1.82) is 0 Å². The number of ether oxygens (including phenoxy) is 1. The second-order valence-corrected chi connectivity index (χ2v) is 6.00. The molecule has 0 bridgehead atoms. The highest BCUT2D eigenvalue weighted by Gasteiger charge is 2.43. The Morgan fingerprint density at radius 3 is 2.56 bits per heavy atom. The molecule has 1 atom stereocenters. The van der Waals surface area contributed by atoms with E-state index in [2.05, 4.69) is 19.2 Å². The minimum Gasteiger partial charge on any atom is -0.450 e. The van der Waals surface area contributed by atoms with Crippen LogP contribution in [0.15, 0.2) is 0 Å². The molecule has 1 heterocycles. The molecule has 0 aromatic carbocycles. The molecule has 2 aliphatic rings. The Morgan fingerprint density at radius 2 is 2.06 bits per heavy atom. The third-order valence-corrected chi connectivity index (χ3v) is 4.59. The maximum Gasteiger partial charge on any atom is 0.409 e. The van der Waals surface area contributed by atoms with Crippen molar-refractivity contribution in [1.82, 2.24) is 10.2 Å². The molecule has 2 fully saturated rings. The van der Waals surface area contributed by atoms with Gasteiger partial charge in [-0.15, -0.1) is 0 Å². The molecule has 104 valence electrons. The standard InChI is InChI=1S/C14H26N2O2/c1-4-18-13(17)16-9-5-12(6-10-16)15-11(2)14(3)7-8-14/h11-12,15H,4-10H2,1-3H3. The number of rotatable bonds is 4. The Labute approximate surface area is 110 Å². The van der Waals surface area contributed by atoms with Crippen LogP contribution in [0.25, 0.3) is 0 Å². The molecule has 0 radical (unpaired) electrons. The summed E-state index contributed by atoms with van der Waals surface area (Å²) in [5.41, 5.74) is 0.526. The third kappa shape index (κ3) is 3.16. The van der Waals surface area contributed by atoms with E-state index in [1.54, 1.807) is 0 Å². The van der Waals surface area contributed by atoms with Gasteiger partial charge in [0, 0.05) is 25.2 Å². The minimum absolute atomic E-state index is 0.154. The van der Waals surface area contributed by atoms with Crippen molar-refractivity contribution in [3.05, 3.63) is 0 Å². The van der Waals surface area contributed by atoms with Crippen molar-refractivity contribution < 1.29 is 9.53 Å². The highest BCUT2D eigenvalue weighted by atomic mass is 16.6. The van der Waals surface area contributed by atoms with Gasteiger partial charge in [-0.25, -0.2) is 4.79 Å². The average molecular weight is 254 g/mol. The lowest BCUT2D eigenvalue weighted by atomic mass is 9.97. The van der Waals surface area contributed by atoms with Crippen molar-refractivity contribution in [2.75, 3.05) is 19.7 Å². The Bertz CT molecular complexity index is 294. The van der Waals surface area contributed by atoms with Crippen LogP contribution in [0.4, 0.5) is 4.79 Å². The zero-order valence-electron chi connectivity index (χ0n) is 11.9. The summed E-state index contributed by atoms with van der Waals surface area (Å²) in [5, 5.41) is 3.73. The number of nitrogens with zero attached hydrogens (tertiary/aromatic N) is 1. The molecule has 2 rings (SSSR count). The van der Waals surface area contributed by atoms with Crippen molar-refractivity contribution >= 4 is 6.09 Å². The number of hydrogen-bond donors (Lipinski definition) is 1. The fourth-order valence-electron chi connectivity index (χ4n) is 2.63. The lowest BCUT2D eigenvalue weighted by Crippen LogP contribution is -2.49. The van der Waals surface area contributed by atoms with E-state index < -0.39 is 0 Å². The van der Waals surface area contributed by atoms with E-state index in [1.165, 1.54) is 12.8 Å². The van der Waals surface area contributed by atoms with Gasteiger partial charge >= 0.3 is 6.09 Å². The highest BCUT2D eigenvalue weighted by Crippen LogP contribution is 2.48. The molecule has 1 amide bonds. The zero-order valence-corrected chi connectivity index (χ0v) is 11.9. The van der Waals surface area contributed by atoms with E-state index >= 15 is 0 Å². The molecule has 1 saturated carbocycles. The molecule has 1 unspecified atom stereocenters. The smallest absolute Gasteiger partial charge is 0.409 e. The lowest BCUT2D eigenvalue weighted by molar-refractivity contribution is 0.0934. The van der Waals surface area contributed by atoms with Gasteiger partial charge in [-0.05, 0) is 44.9 Å². The van der Waals surface area contributed by atoms with Crippen LogP contribution < -0.4 is 5.32 Å². The van der Waals surface area contributed by atoms with Crippen LogP contribution in [0.3, 0.4) is 0 Å². The highest BCUT2D eigenvalue weighted by molar-refractivity contribution is 5.67. The van der Waals surface area contributed by atoms with E-state index in [4.69, 9.17) is 4.74 Å². The van der Waals surface area contributed by atoms with Gasteiger partial charge in [-0.2, -0.15) is 0 Å². The zero-order chi connectivity index (χ0) is 13.2. The summed E-state index contributed by atoms with van der Waals surface area (Å²) >= 11 is 0. The number of hydrogen-bond acceptors (Lipinski definition) is 3. The van der Waals surface area contributed by atoms with Gasteiger partial charge in [0.25, 0.3) is 0 Å². The first-order valence-electron chi connectivity index (χ1n) is 7.23. The molecule has 1 saturated heterocycles. The molecular weight excluding hydrogens is 228 g/mol. The van der Waals surface area contributed by atoms with Gasteiger partial charge in [0.05, 0.1) is 6.61 Å². The minimum atomic E-state index is -0.154. The molecule has 0 aromatic heterocycles. The molecule has 0 aromatic rings. The molecule has 4 nitrogen and oxygen atoms in total. The number of piperidine rings is 1. The topological polar surface area (TPSA) is 41.6 Å². The summed E-state index contributed by atoms with van der Waals surface area (Å²) in [4.78, 5) is 13.4. The molecule has 0 spiro atoms. The number of likely N-dealkylation sites (tertiary alicyclic amines) is 1. The predicted molar refractivity (Wildman–Crippen MR) is 71.6 cm³/mol. The van der Waals surface area contributed by atoms with E-state index in [0.717, 1.165) is 25.9 Å². The van der Waals surface area contributed by atoms with Gasteiger partial charge in [0.15, 0.2) is 0 Å². The monoisotopic (exact) mass is 254 g/mol. The summed E-state index contributed by atoms with van der Waals surface area (Å²) in [7, 11) is 0. The summed E-state index contributed by atoms with van der Waals surface area (Å²) in [5.74, 6) is 0. The van der Waals surface area contributed by atoms with E-state index in [0.29, 0.717) is 24.1 Å². The normalized spacial score (nSPS) is 24.7. The van der Waals surface area contributed by atoms with Gasteiger partial charge in [-0.1, -0.05) is 6.92 Å². The van der Waals surface area contributed by atoms with Gasteiger partial charge in [0.2, 0.25) is 0 Å². The average Bonchev–Trinajstić information content (AvgIpc) is 3.10. The first kappa shape index (κ1) is 13.7. The first-order chi connectivity index (χ1) is 8.55. The Hall–Kier alpha value is -0.770. The van der Waals surface area contributed by atoms with E-state index in [1.807, 2.05) is 11.8 Å². The fraction of sp³-hybridized carbons (Fsp3) is 0.929. The summed E-state index contributed by atoms with van der Waals surface area (Å²) in [6.45, 7) is 8.61. The molecular formula is C14H26N2O2. The van der Waals surface area contributed by atoms with Crippen LogP contribution in [0, 0.1) is 5.41 Å². The molecule has 1 aliphatic heterocycles. The molecule has 18 heavy (non-hydrogen) atoms. The van der Waals surface area contributed by atoms with Crippen LogP contribution in [0.2, 0.25) is 0 Å². The van der Waals surface area contributed by atoms with Crippen LogP contribution in [0.5, 0.6) is 0 Å². The Balaban J connectivity index is 1.71. The molecule has 4 heteroatoms. The van der Waals surface area contributed by atoms with E-state index in [9.17, 15) is 4.79 Å². The fourth-order valence-corrected chi connectivity index (χ4v) is 2.63. The SMILES string of the molecule is CCOC(=O)N1CCC(NC(C)C2(C)CC2)CC1. The third-order valence-electron chi connectivity index (χ3n) is 4.59. The van der Waals surface area contributed by atoms with Crippen LogP contribution in [0.1, 0.15) is 46.5 Å². The van der Waals surface area contributed by atoms with Crippen molar-refractivity contribution in [3.8, 4) is 0 Å². The summed E-state index contributed by atoms with van der Waals surface area (Å²) in [6.07, 6.45) is 4.63. The van der Waals surface area contributed by atoms with Crippen LogP contribution >= 0.6 is 0 Å². The van der Waals surface area contributed by atoms with Crippen molar-refractivity contribution in [3.63, 3.8) is 0 Å². The van der Waals surface area contributed by atoms with Crippen molar-refractivity contribution in [2.24, 2.45) is 5.41 Å². The largest absolute Gasteiger partial charge is 0.450 e. The Morgan fingerprint density at radius 1 is 1.44 bits per heavy atom. The van der Waals surface area contributed by atoms with Gasteiger partial charge in [-0.3, -0.25) is 0 Å². The summed E-state index contributed by atoms with van der Waals surface area (Å²) in [6, 6.07) is 1.15. The quantitative estimate of drug-likeness (QED) is 0.837. The molecule has 1 N–H and O–H groups in total. The first-order valence-corrected chi connectivity index (χ1v) is 7.23. The summed E-state index contributed by atoms with van der Waals surface area (Å²) < 4.78 is 5.03. The lowest BCUT2D eigenvalue weighted by Gasteiger charge is -2.34. The predicted octanol–water partition coefficient (Wildman–Crippen LogP) is 2.39. The number of carbonyl (C=O) groups is 1. The van der Waals surface area contributed by atoms with Gasteiger partial charge < -0.3 is 15.0 Å².